The lowest BCUT2D eigenvalue weighted by Crippen LogP contribution is -2.24. The summed E-state index contributed by atoms with van der Waals surface area (Å²) < 4.78 is 2.41. The first kappa shape index (κ1) is 29.4. The molecule has 1 unspecified atom stereocenters. The monoisotopic (exact) mass is 529 g/mol. The molecule has 212 valence electrons. The number of carbonyl (C=O) groups is 1. The van der Waals surface area contributed by atoms with Crippen LogP contribution in [0.2, 0.25) is 0 Å². The maximum absolute atomic E-state index is 12.9. The van der Waals surface area contributed by atoms with Gasteiger partial charge in [0.2, 0.25) is 5.91 Å². The lowest BCUT2D eigenvalue weighted by atomic mass is 10.0. The van der Waals surface area contributed by atoms with Crippen molar-refractivity contribution in [1.82, 2.24) is 9.55 Å². The van der Waals surface area contributed by atoms with E-state index in [1.165, 1.54) is 108 Å². The van der Waals surface area contributed by atoms with Gasteiger partial charge in [-0.15, -0.1) is 0 Å². The lowest BCUT2D eigenvalue weighted by molar-refractivity contribution is -0.117. The van der Waals surface area contributed by atoms with Crippen LogP contribution >= 0.6 is 0 Å². The Balaban J connectivity index is 1.15. The third kappa shape index (κ3) is 8.95. The summed E-state index contributed by atoms with van der Waals surface area (Å²) in [6.07, 6.45) is 22.7. The number of nitrogens with zero attached hydrogens (tertiary/aromatic N) is 3. The Morgan fingerprint density at radius 2 is 1.23 bits per heavy atom. The quantitative estimate of drug-likeness (QED) is 0.145. The number of benzene rings is 2. The van der Waals surface area contributed by atoms with Crippen molar-refractivity contribution in [1.29, 1.82) is 0 Å². The lowest BCUT2D eigenvalue weighted by Gasteiger charge is -2.17. The highest BCUT2D eigenvalue weighted by atomic mass is 16.2. The van der Waals surface area contributed by atoms with Gasteiger partial charge in [-0.05, 0) is 30.7 Å². The van der Waals surface area contributed by atoms with Crippen LogP contribution in [0.25, 0.3) is 11.0 Å². The van der Waals surface area contributed by atoms with Gasteiger partial charge < -0.3 is 9.47 Å². The minimum absolute atomic E-state index is 0.145. The molecule has 2 aromatic carbocycles. The predicted octanol–water partition coefficient (Wildman–Crippen LogP) is 9.82. The number of rotatable bonds is 19. The van der Waals surface area contributed by atoms with Crippen molar-refractivity contribution in [2.24, 2.45) is 0 Å². The Morgan fingerprint density at radius 3 is 1.85 bits per heavy atom. The SMILES string of the molecule is CCCCCCCCCCCCCCCCCCn1c(C2CC(=O)N(c3ccccc3)C2)nc2ccccc21. The van der Waals surface area contributed by atoms with Crippen molar-refractivity contribution in [3.8, 4) is 0 Å². The van der Waals surface area contributed by atoms with Crippen LogP contribution in [0.15, 0.2) is 54.6 Å². The van der Waals surface area contributed by atoms with Crippen LogP contribution in [-0.4, -0.2) is 22.0 Å². The van der Waals surface area contributed by atoms with E-state index in [2.05, 4.69) is 35.8 Å². The van der Waals surface area contributed by atoms with Crippen molar-refractivity contribution in [3.05, 3.63) is 60.4 Å². The Kier molecular flexibility index (Phi) is 12.4. The molecule has 2 heterocycles. The molecule has 1 aromatic heterocycles. The molecule has 1 saturated heterocycles. The molecule has 4 heteroatoms. The summed E-state index contributed by atoms with van der Waals surface area (Å²) in [7, 11) is 0. The van der Waals surface area contributed by atoms with E-state index in [4.69, 9.17) is 4.98 Å². The van der Waals surface area contributed by atoms with Crippen LogP contribution in [-0.2, 0) is 11.3 Å². The fourth-order valence-electron chi connectivity index (χ4n) is 6.20. The van der Waals surface area contributed by atoms with Crippen molar-refractivity contribution in [3.63, 3.8) is 0 Å². The highest BCUT2D eigenvalue weighted by molar-refractivity contribution is 5.96. The number of carbonyl (C=O) groups excluding carboxylic acids is 1. The second kappa shape index (κ2) is 16.5. The van der Waals surface area contributed by atoms with Crippen LogP contribution in [0.3, 0.4) is 0 Å². The molecule has 1 aliphatic rings. The summed E-state index contributed by atoms with van der Waals surface area (Å²) in [5.41, 5.74) is 3.25. The van der Waals surface area contributed by atoms with E-state index < -0.39 is 0 Å². The van der Waals surface area contributed by atoms with Gasteiger partial charge in [0.05, 0.1) is 11.0 Å². The molecule has 0 aliphatic carbocycles. The second-order valence-electron chi connectivity index (χ2n) is 11.7. The number of aromatic nitrogens is 2. The molecule has 1 aliphatic heterocycles. The Morgan fingerprint density at radius 1 is 0.692 bits per heavy atom. The Hall–Kier alpha value is -2.62. The molecular weight excluding hydrogens is 478 g/mol. The zero-order chi connectivity index (χ0) is 27.1. The maximum Gasteiger partial charge on any atom is 0.227 e. The van der Waals surface area contributed by atoms with Crippen molar-refractivity contribution < 1.29 is 4.79 Å². The number of hydrogen-bond acceptors (Lipinski definition) is 2. The van der Waals surface area contributed by atoms with Crippen molar-refractivity contribution >= 4 is 22.6 Å². The van der Waals surface area contributed by atoms with Crippen LogP contribution in [0.5, 0.6) is 0 Å². The molecular formula is C35H51N3O. The van der Waals surface area contributed by atoms with E-state index in [-0.39, 0.29) is 11.8 Å². The largest absolute Gasteiger partial charge is 0.328 e. The summed E-state index contributed by atoms with van der Waals surface area (Å²) in [5.74, 6) is 1.43. The number of para-hydroxylation sites is 3. The third-order valence-electron chi connectivity index (χ3n) is 8.48. The number of amides is 1. The van der Waals surface area contributed by atoms with Crippen LogP contribution in [0.4, 0.5) is 5.69 Å². The summed E-state index contributed by atoms with van der Waals surface area (Å²) >= 11 is 0. The van der Waals surface area contributed by atoms with Crippen LogP contribution in [0.1, 0.15) is 128 Å². The molecule has 3 aromatic rings. The van der Waals surface area contributed by atoms with Gasteiger partial charge in [0, 0.05) is 31.1 Å². The minimum atomic E-state index is 0.145. The number of aryl methyl sites for hydroxylation is 1. The van der Waals surface area contributed by atoms with E-state index >= 15 is 0 Å². The fourth-order valence-corrected chi connectivity index (χ4v) is 6.20. The number of hydrogen-bond donors (Lipinski definition) is 0. The van der Waals surface area contributed by atoms with Crippen molar-refractivity contribution in [2.45, 2.75) is 129 Å². The number of imidazole rings is 1. The molecule has 1 atom stereocenters. The molecule has 39 heavy (non-hydrogen) atoms. The average molecular weight is 530 g/mol. The van der Waals surface area contributed by atoms with Crippen LogP contribution < -0.4 is 4.90 Å². The van der Waals surface area contributed by atoms with E-state index in [1.807, 2.05) is 35.2 Å². The molecule has 0 N–H and O–H groups in total. The summed E-state index contributed by atoms with van der Waals surface area (Å²) in [4.78, 5) is 19.9. The standard InChI is InChI=1S/C35H51N3O/c1-2-3-4-5-6-7-8-9-10-11-12-13-14-15-16-22-27-37-33-26-21-20-25-32(33)36-35(37)30-28-34(39)38(29-30)31-23-18-17-19-24-31/h17-21,23-26,30H,2-16,22,27-29H2,1H3. The van der Waals surface area contributed by atoms with Gasteiger partial charge in [0.25, 0.3) is 0 Å². The number of anilines is 1. The molecule has 4 rings (SSSR count). The van der Waals surface area contributed by atoms with Gasteiger partial charge >= 0.3 is 0 Å². The first-order chi connectivity index (χ1) is 19.3. The smallest absolute Gasteiger partial charge is 0.227 e. The van der Waals surface area contributed by atoms with E-state index in [0.29, 0.717) is 13.0 Å². The summed E-state index contributed by atoms with van der Waals surface area (Å²) in [6.45, 7) is 4.00. The molecule has 0 spiro atoms. The van der Waals surface area contributed by atoms with Gasteiger partial charge in [0.1, 0.15) is 5.82 Å². The van der Waals surface area contributed by atoms with Crippen molar-refractivity contribution in [2.75, 3.05) is 11.4 Å². The topological polar surface area (TPSA) is 38.1 Å². The zero-order valence-electron chi connectivity index (χ0n) is 24.5. The first-order valence-corrected chi connectivity index (χ1v) is 16.1. The number of fused-ring (bicyclic) bond motifs is 1. The van der Waals surface area contributed by atoms with Gasteiger partial charge in [-0.2, -0.15) is 0 Å². The highest BCUT2D eigenvalue weighted by Crippen LogP contribution is 2.33. The van der Waals surface area contributed by atoms with Gasteiger partial charge in [-0.3, -0.25) is 4.79 Å². The maximum atomic E-state index is 12.9. The average Bonchev–Trinajstić information content (AvgIpc) is 3.53. The van der Waals surface area contributed by atoms with Gasteiger partial charge in [-0.25, -0.2) is 4.98 Å². The van der Waals surface area contributed by atoms with Gasteiger partial charge in [-0.1, -0.05) is 134 Å². The summed E-state index contributed by atoms with van der Waals surface area (Å²) in [5, 5.41) is 0. The highest BCUT2D eigenvalue weighted by Gasteiger charge is 2.34. The van der Waals surface area contributed by atoms with E-state index in [1.54, 1.807) is 0 Å². The molecule has 0 bridgehead atoms. The fraction of sp³-hybridized carbons (Fsp3) is 0.600. The molecule has 1 fully saturated rings. The van der Waals surface area contributed by atoms with Crippen LogP contribution in [0, 0.1) is 0 Å². The predicted molar refractivity (Wildman–Crippen MR) is 165 cm³/mol. The first-order valence-electron chi connectivity index (χ1n) is 16.1. The van der Waals surface area contributed by atoms with E-state index in [9.17, 15) is 4.79 Å². The molecule has 4 nitrogen and oxygen atoms in total. The normalized spacial score (nSPS) is 15.6. The molecule has 1 amide bonds. The number of unbranched alkanes of at least 4 members (excludes halogenated alkanes) is 15. The Bertz CT molecular complexity index is 1110. The Labute approximate surface area is 237 Å². The summed E-state index contributed by atoms with van der Waals surface area (Å²) in [6, 6.07) is 18.5. The molecule has 0 radical (unpaired) electrons. The minimum Gasteiger partial charge on any atom is -0.328 e. The third-order valence-corrected chi connectivity index (χ3v) is 8.48. The second-order valence-corrected chi connectivity index (χ2v) is 11.7. The van der Waals surface area contributed by atoms with Gasteiger partial charge in [0.15, 0.2) is 0 Å². The van der Waals surface area contributed by atoms with E-state index in [0.717, 1.165) is 23.6 Å². The zero-order valence-corrected chi connectivity index (χ0v) is 24.5. The molecule has 0 saturated carbocycles.